The number of aliphatic hydroxyl groups is 2. The molecule has 2 N–H and O–H groups in total. The average Bonchev–Trinajstić information content (AvgIpc) is 2.54. The first kappa shape index (κ1) is 15.8. The quantitative estimate of drug-likeness (QED) is 0.825. The molecule has 6 nitrogen and oxygen atoms in total. The molecule has 0 saturated heterocycles. The lowest BCUT2D eigenvalue weighted by Gasteiger charge is -2.23. The van der Waals surface area contributed by atoms with Crippen LogP contribution in [0.3, 0.4) is 0 Å². The van der Waals surface area contributed by atoms with Gasteiger partial charge >= 0.3 is 5.63 Å². The maximum Gasteiger partial charge on any atom is 0.356 e. The van der Waals surface area contributed by atoms with E-state index in [9.17, 15) is 10.1 Å². The first-order valence-corrected chi connectivity index (χ1v) is 6.81. The summed E-state index contributed by atoms with van der Waals surface area (Å²) in [6.45, 7) is 0.0807. The Balaban J connectivity index is 2.58. The minimum Gasteiger partial charge on any atom is -0.422 e. The average molecular weight is 300 g/mol. The summed E-state index contributed by atoms with van der Waals surface area (Å²) in [6, 6.07) is 12.5. The van der Waals surface area contributed by atoms with Crippen LogP contribution >= 0.6 is 0 Å². The van der Waals surface area contributed by atoms with Gasteiger partial charge in [0.25, 0.3) is 0 Å². The van der Waals surface area contributed by atoms with E-state index in [1.807, 2.05) is 24.3 Å². The first-order valence-electron chi connectivity index (χ1n) is 6.81. The van der Waals surface area contributed by atoms with E-state index in [1.165, 1.54) is 0 Å². The molecule has 0 fully saturated rings. The Kier molecular flexibility index (Phi) is 5.31. The van der Waals surface area contributed by atoms with Gasteiger partial charge in [0.15, 0.2) is 5.56 Å². The van der Waals surface area contributed by atoms with Gasteiger partial charge in [-0.05, 0) is 0 Å². The maximum atomic E-state index is 12.0. The number of nitrogens with zero attached hydrogens (tertiary/aromatic N) is 2. The van der Waals surface area contributed by atoms with Gasteiger partial charge in [0, 0.05) is 24.7 Å². The molecule has 0 aliphatic rings. The summed E-state index contributed by atoms with van der Waals surface area (Å²) in [5, 5.41) is 27.5. The zero-order chi connectivity index (χ0) is 15.9. The summed E-state index contributed by atoms with van der Waals surface area (Å²) in [5.74, 6) is 0.334. The van der Waals surface area contributed by atoms with Crippen molar-refractivity contribution in [2.75, 3.05) is 31.2 Å². The highest BCUT2D eigenvalue weighted by atomic mass is 16.4. The Hall–Kier alpha value is -2.62. The number of hydrogen-bond acceptors (Lipinski definition) is 6. The van der Waals surface area contributed by atoms with Gasteiger partial charge in [0.1, 0.15) is 11.8 Å². The third kappa shape index (κ3) is 3.34. The molecule has 0 aliphatic carbocycles. The van der Waals surface area contributed by atoms with Crippen molar-refractivity contribution in [3.63, 3.8) is 0 Å². The van der Waals surface area contributed by atoms with Crippen LogP contribution in [0, 0.1) is 11.3 Å². The van der Waals surface area contributed by atoms with Crippen molar-refractivity contribution in [1.82, 2.24) is 0 Å². The van der Waals surface area contributed by atoms with Crippen molar-refractivity contribution in [2.45, 2.75) is 0 Å². The topological polar surface area (TPSA) is 97.7 Å². The highest BCUT2D eigenvalue weighted by Gasteiger charge is 2.17. The van der Waals surface area contributed by atoms with Gasteiger partial charge < -0.3 is 19.5 Å². The Morgan fingerprint density at radius 2 is 1.77 bits per heavy atom. The van der Waals surface area contributed by atoms with Crippen molar-refractivity contribution >= 4 is 5.69 Å². The molecular weight excluding hydrogens is 284 g/mol. The molecule has 22 heavy (non-hydrogen) atoms. The van der Waals surface area contributed by atoms with Crippen LogP contribution in [0.15, 0.2) is 45.6 Å². The van der Waals surface area contributed by atoms with Crippen molar-refractivity contribution < 1.29 is 14.6 Å². The third-order valence-electron chi connectivity index (χ3n) is 3.18. The van der Waals surface area contributed by atoms with Gasteiger partial charge in [-0.2, -0.15) is 5.26 Å². The second kappa shape index (κ2) is 7.41. The Labute approximate surface area is 127 Å². The van der Waals surface area contributed by atoms with E-state index in [1.54, 1.807) is 23.1 Å². The van der Waals surface area contributed by atoms with Gasteiger partial charge in [-0.25, -0.2) is 4.79 Å². The van der Waals surface area contributed by atoms with Crippen molar-refractivity contribution in [2.24, 2.45) is 0 Å². The molecule has 0 amide bonds. The molecule has 0 atom stereocenters. The van der Waals surface area contributed by atoms with Gasteiger partial charge in [0.05, 0.1) is 18.9 Å². The van der Waals surface area contributed by atoms with Crippen molar-refractivity contribution in [3.05, 3.63) is 52.4 Å². The molecule has 2 aromatic rings. The second-order valence-corrected chi connectivity index (χ2v) is 4.57. The van der Waals surface area contributed by atoms with Crippen LogP contribution in [-0.4, -0.2) is 36.5 Å². The zero-order valence-electron chi connectivity index (χ0n) is 11.9. The molecule has 0 unspecified atom stereocenters. The monoisotopic (exact) mass is 300 g/mol. The number of hydrogen-bond donors (Lipinski definition) is 2. The van der Waals surface area contributed by atoms with Crippen LogP contribution in [0.2, 0.25) is 0 Å². The van der Waals surface area contributed by atoms with E-state index in [-0.39, 0.29) is 31.9 Å². The van der Waals surface area contributed by atoms with Crippen LogP contribution in [0.5, 0.6) is 0 Å². The van der Waals surface area contributed by atoms with E-state index >= 15 is 0 Å². The highest BCUT2D eigenvalue weighted by molar-refractivity contribution is 5.67. The fourth-order valence-electron chi connectivity index (χ4n) is 2.17. The SMILES string of the molecule is N#Cc1c(N(CCO)CCO)cc(-c2ccccc2)oc1=O. The molecule has 2 rings (SSSR count). The minimum absolute atomic E-state index is 0.137. The summed E-state index contributed by atoms with van der Waals surface area (Å²) in [5.41, 5.74) is 0.181. The first-order chi connectivity index (χ1) is 10.7. The molecule has 0 saturated carbocycles. The maximum absolute atomic E-state index is 12.0. The second-order valence-electron chi connectivity index (χ2n) is 4.57. The Morgan fingerprint density at radius 3 is 2.32 bits per heavy atom. The molecule has 1 heterocycles. The number of benzene rings is 1. The lowest BCUT2D eigenvalue weighted by atomic mass is 10.1. The van der Waals surface area contributed by atoms with Gasteiger partial charge in [-0.3, -0.25) is 0 Å². The smallest absolute Gasteiger partial charge is 0.356 e. The highest BCUT2D eigenvalue weighted by Crippen LogP contribution is 2.25. The van der Waals surface area contributed by atoms with Crippen LogP contribution in [-0.2, 0) is 0 Å². The Bertz CT molecular complexity index is 713. The van der Waals surface area contributed by atoms with Crippen molar-refractivity contribution in [3.8, 4) is 17.4 Å². The number of aliphatic hydroxyl groups excluding tert-OH is 2. The molecule has 6 heteroatoms. The summed E-state index contributed by atoms with van der Waals surface area (Å²) in [6.07, 6.45) is 0. The van der Waals surface area contributed by atoms with Gasteiger partial charge in [-0.15, -0.1) is 0 Å². The van der Waals surface area contributed by atoms with E-state index in [2.05, 4.69) is 0 Å². The standard InChI is InChI=1S/C16H16N2O4/c17-11-13-14(18(6-8-19)7-9-20)10-15(22-16(13)21)12-4-2-1-3-5-12/h1-5,10,19-20H,6-9H2. The Morgan fingerprint density at radius 1 is 1.14 bits per heavy atom. The number of rotatable bonds is 6. The lowest BCUT2D eigenvalue weighted by Crippen LogP contribution is -2.31. The third-order valence-corrected chi connectivity index (χ3v) is 3.18. The van der Waals surface area contributed by atoms with Crippen LogP contribution < -0.4 is 10.5 Å². The van der Waals surface area contributed by atoms with E-state index in [4.69, 9.17) is 14.6 Å². The summed E-state index contributed by atoms with van der Waals surface area (Å²) >= 11 is 0. The molecule has 1 aromatic heterocycles. The summed E-state index contributed by atoms with van der Waals surface area (Å²) < 4.78 is 5.20. The van der Waals surface area contributed by atoms with Gasteiger partial charge in [0.2, 0.25) is 0 Å². The van der Waals surface area contributed by atoms with E-state index in [0.29, 0.717) is 17.0 Å². The molecule has 114 valence electrons. The van der Waals surface area contributed by atoms with E-state index < -0.39 is 5.63 Å². The fourth-order valence-corrected chi connectivity index (χ4v) is 2.17. The predicted octanol–water partition coefficient (Wildman–Crippen LogP) is 0.969. The summed E-state index contributed by atoms with van der Waals surface area (Å²) in [4.78, 5) is 13.6. The van der Waals surface area contributed by atoms with Crippen molar-refractivity contribution in [1.29, 1.82) is 5.26 Å². The molecule has 0 radical (unpaired) electrons. The molecule has 0 aliphatic heterocycles. The molecular formula is C16H16N2O4. The zero-order valence-corrected chi connectivity index (χ0v) is 11.9. The van der Waals surface area contributed by atoms with Gasteiger partial charge in [-0.1, -0.05) is 30.3 Å². The summed E-state index contributed by atoms with van der Waals surface area (Å²) in [7, 11) is 0. The fraction of sp³-hybridized carbons (Fsp3) is 0.250. The van der Waals surface area contributed by atoms with E-state index in [0.717, 1.165) is 0 Å². The molecule has 1 aromatic carbocycles. The predicted molar refractivity (Wildman–Crippen MR) is 81.5 cm³/mol. The largest absolute Gasteiger partial charge is 0.422 e. The normalized spacial score (nSPS) is 10.2. The lowest BCUT2D eigenvalue weighted by molar-refractivity contribution is 0.281. The van der Waals surface area contributed by atoms with Crippen LogP contribution in [0.25, 0.3) is 11.3 Å². The molecule has 0 bridgehead atoms. The van der Waals surface area contributed by atoms with Crippen LogP contribution in [0.1, 0.15) is 5.56 Å². The number of nitriles is 1. The number of anilines is 1. The molecule has 0 spiro atoms. The minimum atomic E-state index is -0.736. The van der Waals surface area contributed by atoms with Crippen LogP contribution in [0.4, 0.5) is 5.69 Å².